The fraction of sp³-hybridized carbons (Fsp3) is 0.538. The maximum atomic E-state index is 10.1. The molecule has 1 aliphatic carbocycles. The highest BCUT2D eigenvalue weighted by molar-refractivity contribution is 9.10. The van der Waals surface area contributed by atoms with Crippen molar-refractivity contribution in [2.75, 3.05) is 21.3 Å². The van der Waals surface area contributed by atoms with Crippen molar-refractivity contribution < 1.29 is 19.3 Å². The van der Waals surface area contributed by atoms with Crippen molar-refractivity contribution in [3.63, 3.8) is 0 Å². The molecule has 5 heteroatoms. The molecule has 0 atom stereocenters. The number of hydrogen-bond acceptors (Lipinski definition) is 4. The van der Waals surface area contributed by atoms with Gasteiger partial charge in [-0.2, -0.15) is 0 Å². The zero-order valence-corrected chi connectivity index (χ0v) is 12.3. The van der Waals surface area contributed by atoms with Crippen molar-refractivity contribution in [3.05, 3.63) is 16.1 Å². The van der Waals surface area contributed by atoms with Crippen LogP contribution in [0.5, 0.6) is 17.2 Å². The highest BCUT2D eigenvalue weighted by Crippen LogP contribution is 2.47. The van der Waals surface area contributed by atoms with Gasteiger partial charge in [-0.15, -0.1) is 0 Å². The minimum absolute atomic E-state index is 0.553. The zero-order valence-electron chi connectivity index (χ0n) is 10.7. The van der Waals surface area contributed by atoms with E-state index in [1.807, 2.05) is 0 Å². The van der Waals surface area contributed by atoms with Gasteiger partial charge in [0, 0.05) is 18.1 Å². The average Bonchev–Trinajstić information content (AvgIpc) is 3.09. The Balaban J connectivity index is 2.48. The van der Waals surface area contributed by atoms with Crippen LogP contribution in [-0.2, 0) is 6.42 Å². The van der Waals surface area contributed by atoms with E-state index in [9.17, 15) is 5.11 Å². The molecule has 0 aliphatic heterocycles. The van der Waals surface area contributed by atoms with Gasteiger partial charge in [0.2, 0.25) is 0 Å². The van der Waals surface area contributed by atoms with Gasteiger partial charge >= 0.3 is 0 Å². The maximum Gasteiger partial charge on any atom is 0.175 e. The molecule has 0 radical (unpaired) electrons. The van der Waals surface area contributed by atoms with Gasteiger partial charge in [0.15, 0.2) is 11.5 Å². The quantitative estimate of drug-likeness (QED) is 0.907. The monoisotopic (exact) mass is 316 g/mol. The van der Waals surface area contributed by atoms with Crippen LogP contribution in [0.15, 0.2) is 10.5 Å². The molecule has 0 unspecified atom stereocenters. The fourth-order valence-electron chi connectivity index (χ4n) is 1.96. The number of methoxy groups -OCH3 is 3. The molecule has 1 aliphatic rings. The van der Waals surface area contributed by atoms with Gasteiger partial charge in [-0.25, -0.2) is 0 Å². The molecule has 1 N–H and O–H groups in total. The second-order valence-corrected chi connectivity index (χ2v) is 5.30. The lowest BCUT2D eigenvalue weighted by molar-refractivity contribution is 0.149. The van der Waals surface area contributed by atoms with Crippen LogP contribution in [0, 0.1) is 0 Å². The summed E-state index contributed by atoms with van der Waals surface area (Å²) in [4.78, 5) is 0. The molecule has 0 bridgehead atoms. The first-order valence-electron chi connectivity index (χ1n) is 5.74. The number of ether oxygens (including phenoxy) is 3. The summed E-state index contributed by atoms with van der Waals surface area (Å²) in [5, 5.41) is 10.1. The summed E-state index contributed by atoms with van der Waals surface area (Å²) >= 11 is 3.51. The van der Waals surface area contributed by atoms with Crippen LogP contribution in [0.3, 0.4) is 0 Å². The van der Waals surface area contributed by atoms with E-state index in [-0.39, 0.29) is 0 Å². The lowest BCUT2D eigenvalue weighted by Gasteiger charge is -2.18. The fourth-order valence-corrected chi connectivity index (χ4v) is 2.66. The van der Waals surface area contributed by atoms with Gasteiger partial charge in [-0.05, 0) is 28.8 Å². The number of aliphatic hydroxyl groups is 1. The van der Waals surface area contributed by atoms with Gasteiger partial charge in [-0.1, -0.05) is 0 Å². The summed E-state index contributed by atoms with van der Waals surface area (Å²) in [6.45, 7) is 0. The van der Waals surface area contributed by atoms with E-state index >= 15 is 0 Å². The minimum Gasteiger partial charge on any atom is -0.496 e. The predicted molar refractivity (Wildman–Crippen MR) is 71.7 cm³/mol. The molecule has 2 rings (SSSR count). The van der Waals surface area contributed by atoms with Gasteiger partial charge in [0.05, 0.1) is 31.4 Å². The largest absolute Gasteiger partial charge is 0.496 e. The zero-order chi connectivity index (χ0) is 13.3. The Morgan fingerprint density at radius 3 is 2.22 bits per heavy atom. The molecule has 0 amide bonds. The first-order chi connectivity index (χ1) is 8.54. The van der Waals surface area contributed by atoms with E-state index in [0.29, 0.717) is 23.7 Å². The number of benzene rings is 1. The Labute approximate surface area is 115 Å². The van der Waals surface area contributed by atoms with Gasteiger partial charge in [0.1, 0.15) is 5.75 Å². The topological polar surface area (TPSA) is 47.9 Å². The molecule has 0 heterocycles. The third kappa shape index (κ3) is 2.42. The second-order valence-electron chi connectivity index (χ2n) is 4.51. The van der Waals surface area contributed by atoms with Gasteiger partial charge < -0.3 is 19.3 Å². The molecule has 0 saturated heterocycles. The minimum atomic E-state index is -0.588. The number of halogens is 1. The number of hydrogen-bond donors (Lipinski definition) is 1. The molecule has 1 aromatic carbocycles. The van der Waals surface area contributed by atoms with Crippen LogP contribution < -0.4 is 14.2 Å². The van der Waals surface area contributed by atoms with E-state index in [0.717, 1.165) is 22.9 Å². The normalized spacial score (nSPS) is 16.3. The first-order valence-corrected chi connectivity index (χ1v) is 6.53. The van der Waals surface area contributed by atoms with Gasteiger partial charge in [-0.3, -0.25) is 0 Å². The van der Waals surface area contributed by atoms with E-state index in [1.54, 1.807) is 27.4 Å². The van der Waals surface area contributed by atoms with Crippen molar-refractivity contribution in [1.82, 2.24) is 0 Å². The lowest BCUT2D eigenvalue weighted by atomic mass is 10.0. The van der Waals surface area contributed by atoms with Crippen LogP contribution >= 0.6 is 15.9 Å². The summed E-state index contributed by atoms with van der Waals surface area (Å²) in [5.41, 5.74) is 0.324. The smallest absolute Gasteiger partial charge is 0.175 e. The summed E-state index contributed by atoms with van der Waals surface area (Å²) in [6, 6.07) is 1.78. The third-order valence-electron chi connectivity index (χ3n) is 3.22. The first kappa shape index (κ1) is 13.5. The molecule has 4 nitrogen and oxygen atoms in total. The molecule has 1 saturated carbocycles. The summed E-state index contributed by atoms with van der Waals surface area (Å²) < 4.78 is 16.7. The van der Waals surface area contributed by atoms with E-state index in [4.69, 9.17) is 14.2 Å². The molecule has 1 fully saturated rings. The molecule has 18 heavy (non-hydrogen) atoms. The van der Waals surface area contributed by atoms with E-state index in [2.05, 4.69) is 15.9 Å². The van der Waals surface area contributed by atoms with Crippen LogP contribution in [0.1, 0.15) is 18.4 Å². The molecule has 0 spiro atoms. The van der Waals surface area contributed by atoms with Crippen molar-refractivity contribution >= 4 is 15.9 Å². The summed E-state index contributed by atoms with van der Waals surface area (Å²) in [7, 11) is 4.77. The van der Waals surface area contributed by atoms with Crippen LogP contribution in [0.25, 0.3) is 0 Å². The Bertz CT molecular complexity index is 455. The highest BCUT2D eigenvalue weighted by atomic mass is 79.9. The Morgan fingerprint density at radius 2 is 1.78 bits per heavy atom. The second kappa shape index (κ2) is 4.97. The molecule has 1 aromatic rings. The van der Waals surface area contributed by atoms with Crippen molar-refractivity contribution in [2.45, 2.75) is 24.9 Å². The SMILES string of the molecule is COc1cc(OC)c(OC)c(Br)c1CC1(O)CC1. The van der Waals surface area contributed by atoms with Crippen molar-refractivity contribution in [1.29, 1.82) is 0 Å². The van der Waals surface area contributed by atoms with E-state index in [1.165, 1.54) is 0 Å². The van der Waals surface area contributed by atoms with Gasteiger partial charge in [0.25, 0.3) is 0 Å². The van der Waals surface area contributed by atoms with Crippen LogP contribution in [0.4, 0.5) is 0 Å². The Kier molecular flexibility index (Phi) is 3.73. The average molecular weight is 317 g/mol. The number of rotatable bonds is 5. The highest BCUT2D eigenvalue weighted by Gasteiger charge is 2.41. The maximum absolute atomic E-state index is 10.1. The summed E-state index contributed by atoms with van der Waals surface area (Å²) in [6.07, 6.45) is 2.21. The summed E-state index contributed by atoms with van der Waals surface area (Å²) in [5.74, 6) is 1.92. The van der Waals surface area contributed by atoms with Crippen LogP contribution in [-0.4, -0.2) is 32.0 Å². The third-order valence-corrected chi connectivity index (χ3v) is 4.06. The standard InChI is InChI=1S/C13H17BrO4/c1-16-9-6-10(17-2)12(18-3)11(14)8(9)7-13(15)4-5-13/h6,15H,4-5,7H2,1-3H3. The lowest BCUT2D eigenvalue weighted by Crippen LogP contribution is -2.12. The van der Waals surface area contributed by atoms with Crippen molar-refractivity contribution in [3.8, 4) is 17.2 Å². The molecule has 100 valence electrons. The van der Waals surface area contributed by atoms with E-state index < -0.39 is 5.60 Å². The molecule has 0 aromatic heterocycles. The van der Waals surface area contributed by atoms with Crippen LogP contribution in [0.2, 0.25) is 0 Å². The molecular formula is C13H17BrO4. The molecular weight excluding hydrogens is 300 g/mol. The Morgan fingerprint density at radius 1 is 1.17 bits per heavy atom. The Hall–Kier alpha value is -0.940. The van der Waals surface area contributed by atoms with Crippen molar-refractivity contribution in [2.24, 2.45) is 0 Å². The predicted octanol–water partition coefficient (Wildman–Crippen LogP) is 2.54.